The molecule has 1 aliphatic carbocycles. The van der Waals surface area contributed by atoms with Crippen LogP contribution in [0.4, 0.5) is 4.39 Å². The molecule has 0 aromatic heterocycles. The summed E-state index contributed by atoms with van der Waals surface area (Å²) in [6, 6.07) is 3.95. The molecule has 1 aliphatic rings. The minimum absolute atomic E-state index is 0.0702. The van der Waals surface area contributed by atoms with Crippen molar-refractivity contribution in [3.05, 3.63) is 29.6 Å². The summed E-state index contributed by atoms with van der Waals surface area (Å²) in [5.74, 6) is 0.608. The molecule has 0 bridgehead atoms. The van der Waals surface area contributed by atoms with Crippen LogP contribution in [0.2, 0.25) is 0 Å². The van der Waals surface area contributed by atoms with E-state index in [9.17, 15) is 9.50 Å². The number of ether oxygens (including phenoxy) is 1. The number of phenols is 1. The molecule has 106 valence electrons. The van der Waals surface area contributed by atoms with Crippen molar-refractivity contribution < 1.29 is 14.2 Å². The standard InChI is InChI=1S/C15H22FNO2/c1-11(14-9-13(16)5-6-15(14)18)17-7-2-8-19-10-12-3-4-12/h5-6,9,11-12,17-18H,2-4,7-8,10H2,1H3. The summed E-state index contributed by atoms with van der Waals surface area (Å²) in [4.78, 5) is 0. The SMILES string of the molecule is CC(NCCCOCC1CC1)c1cc(F)ccc1O. The fraction of sp³-hybridized carbons (Fsp3) is 0.600. The fourth-order valence-corrected chi connectivity index (χ4v) is 2.01. The number of halogens is 1. The molecule has 0 heterocycles. The molecule has 1 aromatic rings. The van der Waals surface area contributed by atoms with Gasteiger partial charge in [-0.1, -0.05) is 0 Å². The second kappa shape index (κ2) is 6.87. The van der Waals surface area contributed by atoms with Crippen molar-refractivity contribution in [3.63, 3.8) is 0 Å². The quantitative estimate of drug-likeness (QED) is 0.711. The van der Waals surface area contributed by atoms with Gasteiger partial charge in [0.2, 0.25) is 0 Å². The Bertz CT molecular complexity index is 407. The van der Waals surface area contributed by atoms with Crippen molar-refractivity contribution in [2.75, 3.05) is 19.8 Å². The van der Waals surface area contributed by atoms with Crippen LogP contribution in [0.1, 0.15) is 37.8 Å². The van der Waals surface area contributed by atoms with Crippen molar-refractivity contribution >= 4 is 0 Å². The van der Waals surface area contributed by atoms with E-state index < -0.39 is 0 Å². The zero-order valence-electron chi connectivity index (χ0n) is 11.4. The van der Waals surface area contributed by atoms with E-state index in [1.807, 2.05) is 6.92 Å². The maximum Gasteiger partial charge on any atom is 0.123 e. The normalized spacial score (nSPS) is 16.5. The van der Waals surface area contributed by atoms with Gasteiger partial charge in [0.05, 0.1) is 0 Å². The summed E-state index contributed by atoms with van der Waals surface area (Å²) in [5, 5.41) is 12.9. The van der Waals surface area contributed by atoms with Crippen LogP contribution < -0.4 is 5.32 Å². The average molecular weight is 267 g/mol. The van der Waals surface area contributed by atoms with Crippen molar-refractivity contribution in [3.8, 4) is 5.75 Å². The molecule has 0 spiro atoms. The summed E-state index contributed by atoms with van der Waals surface area (Å²) >= 11 is 0. The number of hydrogen-bond donors (Lipinski definition) is 2. The molecule has 2 N–H and O–H groups in total. The minimum atomic E-state index is -0.325. The number of phenolic OH excluding ortho intramolecular Hbond substituents is 1. The summed E-state index contributed by atoms with van der Waals surface area (Å²) in [6.07, 6.45) is 3.55. The molecule has 1 atom stereocenters. The molecule has 0 amide bonds. The van der Waals surface area contributed by atoms with Crippen molar-refractivity contribution in [2.45, 2.75) is 32.2 Å². The highest BCUT2D eigenvalue weighted by molar-refractivity contribution is 5.34. The van der Waals surface area contributed by atoms with Gasteiger partial charge in [0.15, 0.2) is 0 Å². The van der Waals surface area contributed by atoms with Gasteiger partial charge in [-0.2, -0.15) is 0 Å². The van der Waals surface area contributed by atoms with E-state index in [0.717, 1.165) is 32.1 Å². The number of aromatic hydroxyl groups is 1. The summed E-state index contributed by atoms with van der Waals surface area (Å²) in [6.45, 7) is 4.35. The minimum Gasteiger partial charge on any atom is -0.508 e. The maximum atomic E-state index is 13.1. The zero-order chi connectivity index (χ0) is 13.7. The van der Waals surface area contributed by atoms with Crippen LogP contribution in [-0.4, -0.2) is 24.9 Å². The Morgan fingerprint density at radius 1 is 1.47 bits per heavy atom. The smallest absolute Gasteiger partial charge is 0.123 e. The molecule has 3 nitrogen and oxygen atoms in total. The molecule has 0 aliphatic heterocycles. The molecule has 19 heavy (non-hydrogen) atoms. The Balaban J connectivity index is 1.65. The van der Waals surface area contributed by atoms with Crippen LogP contribution in [0.3, 0.4) is 0 Å². The van der Waals surface area contributed by atoms with E-state index in [1.165, 1.54) is 31.0 Å². The van der Waals surface area contributed by atoms with Crippen LogP contribution in [0.5, 0.6) is 5.75 Å². The van der Waals surface area contributed by atoms with E-state index in [2.05, 4.69) is 5.32 Å². The average Bonchev–Trinajstić information content (AvgIpc) is 3.20. The van der Waals surface area contributed by atoms with Crippen molar-refractivity contribution in [1.82, 2.24) is 5.32 Å². The Hall–Kier alpha value is -1.13. The van der Waals surface area contributed by atoms with E-state index in [1.54, 1.807) is 0 Å². The predicted molar refractivity (Wildman–Crippen MR) is 72.6 cm³/mol. The number of hydrogen-bond acceptors (Lipinski definition) is 3. The molecule has 1 aromatic carbocycles. The molecule has 1 saturated carbocycles. The van der Waals surface area contributed by atoms with Gasteiger partial charge in [0.25, 0.3) is 0 Å². The fourth-order valence-electron chi connectivity index (χ4n) is 2.01. The van der Waals surface area contributed by atoms with Crippen LogP contribution in [0.25, 0.3) is 0 Å². The van der Waals surface area contributed by atoms with Gasteiger partial charge in [-0.25, -0.2) is 4.39 Å². The van der Waals surface area contributed by atoms with Crippen LogP contribution in [0.15, 0.2) is 18.2 Å². The van der Waals surface area contributed by atoms with E-state index >= 15 is 0 Å². The van der Waals surface area contributed by atoms with Gasteiger partial charge in [-0.15, -0.1) is 0 Å². The lowest BCUT2D eigenvalue weighted by atomic mass is 10.1. The predicted octanol–water partition coefficient (Wildman–Crippen LogP) is 3.00. The zero-order valence-corrected chi connectivity index (χ0v) is 11.4. The Labute approximate surface area is 113 Å². The summed E-state index contributed by atoms with van der Waals surface area (Å²) in [7, 11) is 0. The molecular weight excluding hydrogens is 245 g/mol. The first kappa shape index (κ1) is 14.3. The lowest BCUT2D eigenvalue weighted by Gasteiger charge is -2.15. The first-order chi connectivity index (χ1) is 9.16. The van der Waals surface area contributed by atoms with Gasteiger partial charge in [-0.3, -0.25) is 0 Å². The first-order valence-corrected chi connectivity index (χ1v) is 6.96. The highest BCUT2D eigenvalue weighted by Crippen LogP contribution is 2.28. The second-order valence-electron chi connectivity index (χ2n) is 5.25. The summed E-state index contributed by atoms with van der Waals surface area (Å²) in [5.41, 5.74) is 0.596. The number of rotatable bonds is 8. The van der Waals surface area contributed by atoms with Crippen LogP contribution in [0, 0.1) is 11.7 Å². The van der Waals surface area contributed by atoms with E-state index in [-0.39, 0.29) is 17.6 Å². The lowest BCUT2D eigenvalue weighted by molar-refractivity contribution is 0.121. The van der Waals surface area contributed by atoms with Gasteiger partial charge in [-0.05, 0) is 56.8 Å². The topological polar surface area (TPSA) is 41.5 Å². The highest BCUT2D eigenvalue weighted by atomic mass is 19.1. The van der Waals surface area contributed by atoms with E-state index in [4.69, 9.17) is 4.74 Å². The lowest BCUT2D eigenvalue weighted by Crippen LogP contribution is -2.21. The largest absolute Gasteiger partial charge is 0.508 e. The van der Waals surface area contributed by atoms with Crippen LogP contribution in [-0.2, 0) is 4.74 Å². The third-order valence-electron chi connectivity index (χ3n) is 3.42. The molecule has 1 unspecified atom stereocenters. The highest BCUT2D eigenvalue weighted by Gasteiger charge is 2.20. The summed E-state index contributed by atoms with van der Waals surface area (Å²) < 4.78 is 18.7. The van der Waals surface area contributed by atoms with Gasteiger partial charge in [0, 0.05) is 24.8 Å². The number of benzene rings is 1. The number of nitrogens with one attached hydrogen (secondary N) is 1. The molecule has 0 radical (unpaired) electrons. The molecule has 4 heteroatoms. The Morgan fingerprint density at radius 2 is 2.26 bits per heavy atom. The third-order valence-corrected chi connectivity index (χ3v) is 3.42. The van der Waals surface area contributed by atoms with Gasteiger partial charge < -0.3 is 15.2 Å². The van der Waals surface area contributed by atoms with Gasteiger partial charge in [0.1, 0.15) is 11.6 Å². The second-order valence-corrected chi connectivity index (χ2v) is 5.25. The molecule has 1 fully saturated rings. The third kappa shape index (κ3) is 4.80. The van der Waals surface area contributed by atoms with Gasteiger partial charge >= 0.3 is 0 Å². The Kier molecular flexibility index (Phi) is 5.16. The molecule has 2 rings (SSSR count). The van der Waals surface area contributed by atoms with Crippen molar-refractivity contribution in [1.29, 1.82) is 0 Å². The molecule has 0 saturated heterocycles. The Morgan fingerprint density at radius 3 is 3.00 bits per heavy atom. The maximum absolute atomic E-state index is 13.1. The van der Waals surface area contributed by atoms with E-state index in [0.29, 0.717) is 5.56 Å². The molecular formula is C15H22FNO2. The monoisotopic (exact) mass is 267 g/mol. The van der Waals surface area contributed by atoms with Crippen molar-refractivity contribution in [2.24, 2.45) is 5.92 Å². The van der Waals surface area contributed by atoms with Crippen LogP contribution >= 0.6 is 0 Å². The first-order valence-electron chi connectivity index (χ1n) is 6.96.